The van der Waals surface area contributed by atoms with E-state index in [1.165, 1.54) is 0 Å². The number of morpholine rings is 1. The second kappa shape index (κ2) is 9.00. The van der Waals surface area contributed by atoms with E-state index in [-0.39, 0.29) is 0 Å². The van der Waals surface area contributed by atoms with E-state index in [1.54, 1.807) is 30.5 Å². The highest BCUT2D eigenvalue weighted by Gasteiger charge is 2.19. The summed E-state index contributed by atoms with van der Waals surface area (Å²) in [4.78, 5) is 14.3. The molecule has 0 atom stereocenters. The highest BCUT2D eigenvalue weighted by Crippen LogP contribution is 2.22. The van der Waals surface area contributed by atoms with Crippen molar-refractivity contribution in [3.05, 3.63) is 71.7 Å². The van der Waals surface area contributed by atoms with Crippen LogP contribution < -0.4 is 15.5 Å². The minimum Gasteiger partial charge on any atom is -0.378 e. The van der Waals surface area contributed by atoms with Crippen LogP contribution in [0.5, 0.6) is 0 Å². The van der Waals surface area contributed by atoms with Crippen molar-refractivity contribution in [2.45, 2.75) is 0 Å². The fourth-order valence-corrected chi connectivity index (χ4v) is 3.10. The van der Waals surface area contributed by atoms with E-state index in [0.29, 0.717) is 36.5 Å². The Morgan fingerprint density at radius 2 is 1.68 bits per heavy atom. The van der Waals surface area contributed by atoms with Crippen LogP contribution in [0.25, 0.3) is 0 Å². The van der Waals surface area contributed by atoms with Crippen molar-refractivity contribution in [2.75, 3.05) is 41.8 Å². The molecule has 0 saturated carbocycles. The molecule has 3 aromatic rings. The molecular weight excluding hydrogens is 411 g/mol. The topological polar surface area (TPSA) is 79.4 Å². The average molecular weight is 429 g/mol. The monoisotopic (exact) mass is 429 g/mol. The van der Waals surface area contributed by atoms with Crippen molar-refractivity contribution in [2.24, 2.45) is 0 Å². The van der Waals surface area contributed by atoms with E-state index in [4.69, 9.17) is 4.74 Å². The van der Waals surface area contributed by atoms with Gasteiger partial charge >= 0.3 is 0 Å². The number of hydrogen-bond acceptors (Lipinski definition) is 6. The summed E-state index contributed by atoms with van der Waals surface area (Å²) in [5, 5.41) is 13.7. The maximum atomic E-state index is 13.8. The molecule has 1 aromatic heterocycles. The molecule has 31 heavy (non-hydrogen) atoms. The van der Waals surface area contributed by atoms with E-state index in [0.717, 1.165) is 24.8 Å². The lowest BCUT2D eigenvalue weighted by atomic mass is 10.1. The summed E-state index contributed by atoms with van der Waals surface area (Å²) in [5.41, 5.74) is 1.38. The first-order valence-corrected chi connectivity index (χ1v) is 9.48. The molecule has 10 heteroatoms. The second-order valence-electron chi connectivity index (χ2n) is 6.78. The van der Waals surface area contributed by atoms with Crippen LogP contribution in [-0.4, -0.2) is 42.4 Å². The van der Waals surface area contributed by atoms with Gasteiger partial charge in [-0.15, -0.1) is 5.10 Å². The molecule has 4 rings (SSSR count). The minimum absolute atomic E-state index is 0.354. The maximum Gasteiger partial charge on any atom is 0.258 e. The highest BCUT2D eigenvalue weighted by atomic mass is 19.2. The number of amides is 1. The quantitative estimate of drug-likeness (QED) is 0.602. The van der Waals surface area contributed by atoms with Crippen LogP contribution in [0.3, 0.4) is 0 Å². The summed E-state index contributed by atoms with van der Waals surface area (Å²) in [6.07, 6.45) is 1.69. The van der Waals surface area contributed by atoms with Crippen molar-refractivity contribution in [3.8, 4) is 0 Å². The van der Waals surface area contributed by atoms with Crippen LogP contribution in [0.4, 0.5) is 36.1 Å². The highest BCUT2D eigenvalue weighted by molar-refractivity contribution is 6.04. The number of benzene rings is 2. The number of carbonyl (C=O) groups excluding carboxylic acids is 1. The van der Waals surface area contributed by atoms with Gasteiger partial charge in [-0.25, -0.2) is 13.2 Å². The van der Waals surface area contributed by atoms with Gasteiger partial charge in [-0.3, -0.25) is 4.79 Å². The number of anilines is 4. The lowest BCUT2D eigenvalue weighted by molar-refractivity contribution is 0.102. The van der Waals surface area contributed by atoms with Crippen LogP contribution >= 0.6 is 0 Å². The molecule has 1 amide bonds. The zero-order chi connectivity index (χ0) is 21.8. The molecule has 0 radical (unpaired) electrons. The van der Waals surface area contributed by atoms with E-state index in [9.17, 15) is 18.0 Å². The van der Waals surface area contributed by atoms with Crippen LogP contribution in [0.15, 0.2) is 48.7 Å². The van der Waals surface area contributed by atoms with Gasteiger partial charge in [-0.2, -0.15) is 5.10 Å². The number of ether oxygens (including phenoxy) is 1. The van der Waals surface area contributed by atoms with Gasteiger partial charge in [0.2, 0.25) is 0 Å². The molecule has 1 aliphatic heterocycles. The first-order chi connectivity index (χ1) is 15.0. The molecule has 7 nitrogen and oxygen atoms in total. The maximum absolute atomic E-state index is 13.8. The van der Waals surface area contributed by atoms with Gasteiger partial charge in [0.05, 0.1) is 30.7 Å². The molecule has 2 N–H and O–H groups in total. The Morgan fingerprint density at radius 1 is 0.968 bits per heavy atom. The minimum atomic E-state index is -1.69. The molecular formula is C21H18F3N5O2. The Bertz CT molecular complexity index is 1090. The Morgan fingerprint density at radius 3 is 2.42 bits per heavy atom. The zero-order valence-electron chi connectivity index (χ0n) is 16.2. The van der Waals surface area contributed by atoms with Crippen LogP contribution in [0.1, 0.15) is 10.4 Å². The Balaban J connectivity index is 1.42. The summed E-state index contributed by atoms with van der Waals surface area (Å²) >= 11 is 0. The lowest BCUT2D eigenvalue weighted by Crippen LogP contribution is -2.36. The number of carbonyl (C=O) groups is 1. The summed E-state index contributed by atoms with van der Waals surface area (Å²) in [5.74, 6) is -4.92. The summed E-state index contributed by atoms with van der Waals surface area (Å²) in [6.45, 7) is 2.87. The molecule has 0 unspecified atom stereocenters. The number of nitrogens with zero attached hydrogens (tertiary/aromatic N) is 3. The summed E-state index contributed by atoms with van der Waals surface area (Å²) in [7, 11) is 0. The number of nitrogens with one attached hydrogen (secondary N) is 2. The zero-order valence-corrected chi connectivity index (χ0v) is 16.2. The summed E-state index contributed by atoms with van der Waals surface area (Å²) < 4.78 is 45.5. The van der Waals surface area contributed by atoms with Crippen molar-refractivity contribution in [1.82, 2.24) is 10.2 Å². The van der Waals surface area contributed by atoms with Gasteiger partial charge < -0.3 is 20.3 Å². The first-order valence-electron chi connectivity index (χ1n) is 9.48. The first kappa shape index (κ1) is 20.6. The predicted octanol–water partition coefficient (Wildman–Crippen LogP) is 3.73. The van der Waals surface area contributed by atoms with Gasteiger partial charge in [0, 0.05) is 30.5 Å². The molecule has 0 bridgehead atoms. The SMILES string of the molecule is O=C(Nc1ccc(Nc2cc(N3CCOCC3)cnn2)cc1)c1ccc(F)c(F)c1F. The third kappa shape index (κ3) is 4.75. The van der Waals surface area contributed by atoms with Crippen molar-refractivity contribution < 1.29 is 22.7 Å². The number of aromatic nitrogens is 2. The van der Waals surface area contributed by atoms with Crippen molar-refractivity contribution in [3.63, 3.8) is 0 Å². The van der Waals surface area contributed by atoms with Crippen LogP contribution in [0.2, 0.25) is 0 Å². The molecule has 1 saturated heterocycles. The smallest absolute Gasteiger partial charge is 0.258 e. The van der Waals surface area contributed by atoms with E-state index in [1.807, 2.05) is 6.07 Å². The van der Waals surface area contributed by atoms with Gasteiger partial charge in [-0.1, -0.05) is 0 Å². The lowest BCUT2D eigenvalue weighted by Gasteiger charge is -2.28. The Kier molecular flexibility index (Phi) is 5.99. The number of halogens is 3. The second-order valence-corrected chi connectivity index (χ2v) is 6.78. The van der Waals surface area contributed by atoms with Gasteiger partial charge in [-0.05, 0) is 36.4 Å². The Hall–Kier alpha value is -3.66. The normalized spacial score (nSPS) is 13.7. The third-order valence-electron chi connectivity index (χ3n) is 4.71. The third-order valence-corrected chi connectivity index (χ3v) is 4.71. The average Bonchev–Trinajstić information content (AvgIpc) is 2.79. The molecule has 1 fully saturated rings. The van der Waals surface area contributed by atoms with E-state index >= 15 is 0 Å². The molecule has 0 spiro atoms. The largest absolute Gasteiger partial charge is 0.378 e. The van der Waals surface area contributed by atoms with Crippen LogP contribution in [-0.2, 0) is 4.74 Å². The van der Waals surface area contributed by atoms with Gasteiger partial charge in [0.1, 0.15) is 0 Å². The molecule has 0 aliphatic carbocycles. The van der Waals surface area contributed by atoms with Crippen molar-refractivity contribution in [1.29, 1.82) is 0 Å². The molecule has 2 aromatic carbocycles. The fraction of sp³-hybridized carbons (Fsp3) is 0.190. The Labute approximate surface area is 175 Å². The van der Waals surface area contributed by atoms with Crippen molar-refractivity contribution >= 4 is 28.8 Å². The standard InChI is InChI=1S/C21H18F3N5O2/c22-17-6-5-16(19(23)20(17)24)21(30)27-14-3-1-13(2-4-14)26-18-11-15(12-25-28-18)29-7-9-31-10-8-29/h1-6,11-12H,7-10H2,(H,26,28)(H,27,30). The fourth-order valence-electron chi connectivity index (χ4n) is 3.10. The molecule has 1 aliphatic rings. The molecule has 2 heterocycles. The van der Waals surface area contributed by atoms with Crippen LogP contribution in [0, 0.1) is 17.5 Å². The van der Waals surface area contributed by atoms with Gasteiger partial charge in [0.25, 0.3) is 5.91 Å². The predicted molar refractivity (Wildman–Crippen MR) is 109 cm³/mol. The van der Waals surface area contributed by atoms with Gasteiger partial charge in [0.15, 0.2) is 23.3 Å². The summed E-state index contributed by atoms with van der Waals surface area (Å²) in [6, 6.07) is 9.99. The van der Waals surface area contributed by atoms with E-state index < -0.39 is 28.9 Å². The number of rotatable bonds is 5. The molecule has 160 valence electrons. The van der Waals surface area contributed by atoms with E-state index in [2.05, 4.69) is 25.7 Å². The number of hydrogen-bond donors (Lipinski definition) is 2.